The van der Waals surface area contributed by atoms with Gasteiger partial charge in [0.25, 0.3) is 0 Å². The Bertz CT molecular complexity index is 1290. The highest BCUT2D eigenvalue weighted by Crippen LogP contribution is 2.30. The van der Waals surface area contributed by atoms with E-state index in [1.807, 2.05) is 0 Å². The Kier molecular flexibility index (Phi) is 4.99. The van der Waals surface area contributed by atoms with Crippen LogP contribution in [0.1, 0.15) is 60.4 Å². The standard InChI is InChI=1S/C26H26N6/c1-3-21(27-13-1)25-24(29-16-30-25)19-10-7-17(8-11-19)5-6-18-9-12-20-23(15-18)32-26(31-20)22-4-2-14-28-22/h7-12,15-16,21-22,27-28H,1-4,13-14H2,(H,29,30)(H,31,32)/t21-,22-/m0/s1. The van der Waals surface area contributed by atoms with E-state index in [1.54, 1.807) is 6.33 Å². The minimum atomic E-state index is 0.343. The van der Waals surface area contributed by atoms with Gasteiger partial charge < -0.3 is 20.6 Å². The van der Waals surface area contributed by atoms with E-state index in [0.29, 0.717) is 12.1 Å². The molecule has 0 bridgehead atoms. The maximum atomic E-state index is 4.79. The Labute approximate surface area is 187 Å². The number of H-pyrrole nitrogens is 2. The molecule has 6 nitrogen and oxygen atoms in total. The number of rotatable bonds is 3. The summed E-state index contributed by atoms with van der Waals surface area (Å²) in [6, 6.07) is 15.3. The molecule has 2 saturated heterocycles. The number of imidazole rings is 2. The molecule has 0 radical (unpaired) electrons. The molecule has 2 aromatic heterocycles. The maximum absolute atomic E-state index is 4.79. The van der Waals surface area contributed by atoms with Gasteiger partial charge in [-0.1, -0.05) is 24.0 Å². The Morgan fingerprint density at radius 3 is 2.38 bits per heavy atom. The number of benzene rings is 2. The summed E-state index contributed by atoms with van der Waals surface area (Å²) in [7, 11) is 0. The van der Waals surface area contributed by atoms with E-state index in [-0.39, 0.29) is 0 Å². The van der Waals surface area contributed by atoms with E-state index in [9.17, 15) is 0 Å². The van der Waals surface area contributed by atoms with Gasteiger partial charge in [-0.3, -0.25) is 0 Å². The van der Waals surface area contributed by atoms with Crippen LogP contribution in [0.3, 0.4) is 0 Å². The van der Waals surface area contributed by atoms with Gasteiger partial charge in [-0.15, -0.1) is 0 Å². The van der Waals surface area contributed by atoms with Gasteiger partial charge in [0.15, 0.2) is 0 Å². The lowest BCUT2D eigenvalue weighted by Gasteiger charge is -2.10. The topological polar surface area (TPSA) is 81.4 Å². The molecule has 2 fully saturated rings. The van der Waals surface area contributed by atoms with Crippen LogP contribution in [0.25, 0.3) is 22.3 Å². The summed E-state index contributed by atoms with van der Waals surface area (Å²) in [4.78, 5) is 16.1. The van der Waals surface area contributed by atoms with Crippen molar-refractivity contribution in [2.45, 2.75) is 37.8 Å². The van der Waals surface area contributed by atoms with Gasteiger partial charge in [0.2, 0.25) is 0 Å². The highest BCUT2D eigenvalue weighted by atomic mass is 15.0. The zero-order valence-electron chi connectivity index (χ0n) is 17.9. The van der Waals surface area contributed by atoms with Gasteiger partial charge in [-0.2, -0.15) is 0 Å². The van der Waals surface area contributed by atoms with Gasteiger partial charge in [0, 0.05) is 22.7 Å². The summed E-state index contributed by atoms with van der Waals surface area (Å²) >= 11 is 0. The first-order chi connectivity index (χ1) is 15.8. The van der Waals surface area contributed by atoms with Crippen molar-refractivity contribution in [2.24, 2.45) is 0 Å². The summed E-state index contributed by atoms with van der Waals surface area (Å²) in [5.74, 6) is 7.61. The van der Waals surface area contributed by atoms with Crippen molar-refractivity contribution in [2.75, 3.05) is 13.1 Å². The molecule has 2 aromatic carbocycles. The molecule has 0 amide bonds. The molecular formula is C26H26N6. The second-order valence-electron chi connectivity index (χ2n) is 8.64. The molecule has 4 heterocycles. The Morgan fingerprint density at radius 1 is 0.844 bits per heavy atom. The monoisotopic (exact) mass is 422 g/mol. The molecule has 0 aliphatic carbocycles. The third kappa shape index (κ3) is 3.70. The predicted molar refractivity (Wildman–Crippen MR) is 126 cm³/mol. The molecule has 6 heteroatoms. The number of hydrogen-bond acceptors (Lipinski definition) is 4. The van der Waals surface area contributed by atoms with Crippen molar-refractivity contribution in [3.05, 3.63) is 71.4 Å². The molecule has 0 unspecified atom stereocenters. The van der Waals surface area contributed by atoms with Crippen LogP contribution in [0.4, 0.5) is 0 Å². The minimum Gasteiger partial charge on any atom is -0.347 e. The first-order valence-electron chi connectivity index (χ1n) is 11.5. The number of aromatic amines is 2. The summed E-state index contributed by atoms with van der Waals surface area (Å²) < 4.78 is 0. The van der Waals surface area contributed by atoms with E-state index < -0.39 is 0 Å². The average Bonchev–Trinajstić information content (AvgIpc) is 3.63. The van der Waals surface area contributed by atoms with E-state index in [0.717, 1.165) is 65.2 Å². The molecule has 4 aromatic rings. The lowest BCUT2D eigenvalue weighted by molar-refractivity contribution is 0.614. The van der Waals surface area contributed by atoms with Crippen molar-refractivity contribution in [3.63, 3.8) is 0 Å². The summed E-state index contributed by atoms with van der Waals surface area (Å²) in [5, 5.41) is 7.04. The largest absolute Gasteiger partial charge is 0.347 e. The SMILES string of the molecule is C(#Cc1ccc2[nH]c([C@@H]3CCCN3)nc2c1)c1ccc(-c2nc[nH]c2[C@@H]2CCCN2)cc1. The van der Waals surface area contributed by atoms with Crippen LogP contribution in [0, 0.1) is 11.8 Å². The summed E-state index contributed by atoms with van der Waals surface area (Å²) in [6.45, 7) is 2.14. The van der Waals surface area contributed by atoms with Crippen LogP contribution in [0.5, 0.6) is 0 Å². The number of aromatic nitrogens is 4. The number of hydrogen-bond donors (Lipinski definition) is 4. The normalized spacial score (nSPS) is 20.5. The van der Waals surface area contributed by atoms with E-state index in [4.69, 9.17) is 4.98 Å². The Hall–Kier alpha value is -3.40. The summed E-state index contributed by atoms with van der Waals surface area (Å²) in [5.41, 5.74) is 7.33. The fourth-order valence-corrected chi connectivity index (χ4v) is 4.77. The van der Waals surface area contributed by atoms with Crippen LogP contribution >= 0.6 is 0 Å². The molecule has 160 valence electrons. The van der Waals surface area contributed by atoms with Gasteiger partial charge in [0.1, 0.15) is 5.82 Å². The fourth-order valence-electron chi connectivity index (χ4n) is 4.77. The zero-order chi connectivity index (χ0) is 21.3. The number of nitrogens with one attached hydrogen (secondary N) is 4. The fraction of sp³-hybridized carbons (Fsp3) is 0.308. The summed E-state index contributed by atoms with van der Waals surface area (Å²) in [6.07, 6.45) is 6.49. The van der Waals surface area contributed by atoms with Crippen molar-refractivity contribution >= 4 is 11.0 Å². The zero-order valence-corrected chi connectivity index (χ0v) is 17.9. The van der Waals surface area contributed by atoms with E-state index in [2.05, 4.69) is 79.9 Å². The molecular weight excluding hydrogens is 396 g/mol. The first-order valence-corrected chi connectivity index (χ1v) is 11.5. The van der Waals surface area contributed by atoms with Crippen molar-refractivity contribution in [1.82, 2.24) is 30.6 Å². The Balaban J connectivity index is 1.21. The average molecular weight is 423 g/mol. The Morgan fingerprint density at radius 2 is 1.59 bits per heavy atom. The van der Waals surface area contributed by atoms with Crippen molar-refractivity contribution in [3.8, 4) is 23.1 Å². The smallest absolute Gasteiger partial charge is 0.124 e. The van der Waals surface area contributed by atoms with E-state index >= 15 is 0 Å². The quantitative estimate of drug-likeness (QED) is 0.373. The number of nitrogens with zero attached hydrogens (tertiary/aromatic N) is 2. The molecule has 0 spiro atoms. The molecule has 2 atom stereocenters. The highest BCUT2D eigenvalue weighted by molar-refractivity contribution is 5.77. The maximum Gasteiger partial charge on any atom is 0.124 e. The van der Waals surface area contributed by atoms with Crippen LogP contribution in [-0.2, 0) is 0 Å². The third-order valence-corrected chi connectivity index (χ3v) is 6.48. The second-order valence-corrected chi connectivity index (χ2v) is 8.64. The van der Waals surface area contributed by atoms with Crippen LogP contribution in [0.2, 0.25) is 0 Å². The lowest BCUT2D eigenvalue weighted by atomic mass is 10.0. The highest BCUT2D eigenvalue weighted by Gasteiger charge is 2.22. The van der Waals surface area contributed by atoms with Gasteiger partial charge in [0.05, 0.1) is 34.8 Å². The molecule has 32 heavy (non-hydrogen) atoms. The van der Waals surface area contributed by atoms with Crippen LogP contribution < -0.4 is 10.6 Å². The predicted octanol–water partition coefficient (Wildman–Crippen LogP) is 4.20. The molecule has 4 N–H and O–H groups in total. The van der Waals surface area contributed by atoms with Gasteiger partial charge in [-0.05, 0) is 69.1 Å². The van der Waals surface area contributed by atoms with Gasteiger partial charge in [-0.25, -0.2) is 9.97 Å². The van der Waals surface area contributed by atoms with Crippen molar-refractivity contribution in [1.29, 1.82) is 0 Å². The molecule has 0 saturated carbocycles. The first kappa shape index (κ1) is 19.3. The molecule has 2 aliphatic rings. The van der Waals surface area contributed by atoms with Crippen LogP contribution in [-0.4, -0.2) is 33.0 Å². The lowest BCUT2D eigenvalue weighted by Crippen LogP contribution is -2.14. The van der Waals surface area contributed by atoms with E-state index in [1.165, 1.54) is 18.5 Å². The minimum absolute atomic E-state index is 0.343. The third-order valence-electron chi connectivity index (χ3n) is 6.48. The van der Waals surface area contributed by atoms with Crippen LogP contribution in [0.15, 0.2) is 48.8 Å². The molecule has 2 aliphatic heterocycles. The molecule has 6 rings (SSSR count). The number of fused-ring (bicyclic) bond motifs is 1. The second kappa shape index (κ2) is 8.27. The van der Waals surface area contributed by atoms with Crippen molar-refractivity contribution < 1.29 is 0 Å². The van der Waals surface area contributed by atoms with Gasteiger partial charge >= 0.3 is 0 Å².